The van der Waals surface area contributed by atoms with Gasteiger partial charge in [-0.15, -0.1) is 0 Å². The van der Waals surface area contributed by atoms with Crippen molar-refractivity contribution >= 4 is 29.2 Å². The number of phenols is 1. The Labute approximate surface area is 131 Å². The van der Waals surface area contributed by atoms with Crippen molar-refractivity contribution in [3.05, 3.63) is 58.4 Å². The van der Waals surface area contributed by atoms with Crippen LogP contribution in [0.1, 0.15) is 10.4 Å². The number of carbonyl (C=O) groups is 1. The lowest BCUT2D eigenvalue weighted by Crippen LogP contribution is -2.24. The first-order valence-corrected chi connectivity index (χ1v) is 6.45. The molecule has 0 atom stereocenters. The van der Waals surface area contributed by atoms with E-state index in [-0.39, 0.29) is 22.6 Å². The maximum Gasteiger partial charge on any atom is 0.283 e. The molecule has 0 aliphatic carbocycles. The van der Waals surface area contributed by atoms with Crippen LogP contribution in [-0.4, -0.2) is 17.0 Å². The van der Waals surface area contributed by atoms with Crippen LogP contribution in [0.5, 0.6) is 5.75 Å². The van der Waals surface area contributed by atoms with Crippen LogP contribution in [0.4, 0.5) is 5.69 Å². The van der Waals surface area contributed by atoms with Crippen LogP contribution in [0.25, 0.3) is 16.0 Å². The van der Waals surface area contributed by atoms with Crippen molar-refractivity contribution in [2.75, 3.05) is 0 Å². The van der Waals surface area contributed by atoms with Crippen LogP contribution < -0.4 is 11.5 Å². The summed E-state index contributed by atoms with van der Waals surface area (Å²) in [6.45, 7) is 7.25. The molecule has 0 aliphatic heterocycles. The Morgan fingerprint density at radius 2 is 2.00 bits per heavy atom. The summed E-state index contributed by atoms with van der Waals surface area (Å²) >= 11 is 5.95. The van der Waals surface area contributed by atoms with Crippen molar-refractivity contribution < 1.29 is 9.90 Å². The molecule has 2 aromatic carbocycles. The summed E-state index contributed by atoms with van der Waals surface area (Å²) in [6, 6.07) is 9.23. The molecule has 0 saturated heterocycles. The van der Waals surface area contributed by atoms with Gasteiger partial charge in [0.15, 0.2) is 11.6 Å². The maximum absolute atomic E-state index is 12.2. The highest BCUT2D eigenvalue weighted by atomic mass is 35.5. The lowest BCUT2D eigenvalue weighted by molar-refractivity contribution is 0.100. The molecule has 0 spiro atoms. The molecule has 0 radical (unpaired) electrons. The number of phenolic OH excluding ortho intramolecular Hbond substituents is 1. The first-order valence-electron chi connectivity index (χ1n) is 6.07. The second-order valence-electron chi connectivity index (χ2n) is 4.32. The molecular weight excluding hydrogens is 304 g/mol. The lowest BCUT2D eigenvalue weighted by Gasteiger charge is -2.11. The van der Waals surface area contributed by atoms with E-state index in [1.54, 1.807) is 24.3 Å². The van der Waals surface area contributed by atoms with Gasteiger partial charge in [0.25, 0.3) is 5.91 Å². The van der Waals surface area contributed by atoms with Crippen molar-refractivity contribution in [3.63, 3.8) is 0 Å². The molecule has 6 nitrogen and oxygen atoms in total. The Balaban J connectivity index is 2.81. The number of hydrogen-bond acceptors (Lipinski definition) is 2. The van der Waals surface area contributed by atoms with E-state index in [2.05, 4.69) is 9.84 Å². The van der Waals surface area contributed by atoms with Gasteiger partial charge in [-0.1, -0.05) is 29.8 Å². The fourth-order valence-electron chi connectivity index (χ4n) is 2.00. The SMILES string of the molecule is [C-]#[N+]c1ccc(O)c(C(=O)N=C(N)N)c1-c1cccc(Cl)c1. The molecule has 2 rings (SSSR count). The number of nitrogens with zero attached hydrogens (tertiary/aromatic N) is 2. The van der Waals surface area contributed by atoms with Gasteiger partial charge in [-0.05, 0) is 23.8 Å². The van der Waals surface area contributed by atoms with Gasteiger partial charge in [0, 0.05) is 10.6 Å². The normalized spacial score (nSPS) is 9.82. The van der Waals surface area contributed by atoms with E-state index in [4.69, 9.17) is 29.6 Å². The molecule has 2 aromatic rings. The third-order valence-electron chi connectivity index (χ3n) is 2.84. The molecule has 0 aliphatic rings. The zero-order chi connectivity index (χ0) is 16.3. The van der Waals surface area contributed by atoms with Crippen LogP contribution in [0.3, 0.4) is 0 Å². The van der Waals surface area contributed by atoms with E-state index in [1.165, 1.54) is 12.1 Å². The third-order valence-corrected chi connectivity index (χ3v) is 3.07. The van der Waals surface area contributed by atoms with Crippen molar-refractivity contribution in [2.45, 2.75) is 0 Å². The van der Waals surface area contributed by atoms with Gasteiger partial charge in [0.1, 0.15) is 5.75 Å². The number of halogens is 1. The Morgan fingerprint density at radius 3 is 2.59 bits per heavy atom. The average Bonchev–Trinajstić information content (AvgIpc) is 2.46. The zero-order valence-corrected chi connectivity index (χ0v) is 12.0. The number of guanidine groups is 1. The Kier molecular flexibility index (Phi) is 4.30. The number of benzene rings is 2. The minimum atomic E-state index is -0.835. The summed E-state index contributed by atoms with van der Waals surface area (Å²) < 4.78 is 0. The second kappa shape index (κ2) is 6.16. The summed E-state index contributed by atoms with van der Waals surface area (Å²) in [4.78, 5) is 19.0. The predicted octanol–water partition coefficient (Wildman–Crippen LogP) is 2.68. The molecule has 22 heavy (non-hydrogen) atoms. The van der Waals surface area contributed by atoms with E-state index in [0.717, 1.165) is 0 Å². The lowest BCUT2D eigenvalue weighted by atomic mass is 9.96. The van der Waals surface area contributed by atoms with Crippen LogP contribution in [0.2, 0.25) is 5.02 Å². The number of aromatic hydroxyl groups is 1. The van der Waals surface area contributed by atoms with Crippen molar-refractivity contribution in [1.29, 1.82) is 0 Å². The van der Waals surface area contributed by atoms with Crippen LogP contribution in [0, 0.1) is 6.57 Å². The molecule has 1 amide bonds. The fraction of sp³-hybridized carbons (Fsp3) is 0. The average molecular weight is 315 g/mol. The molecule has 5 N–H and O–H groups in total. The number of amides is 1. The van der Waals surface area contributed by atoms with E-state index in [0.29, 0.717) is 10.6 Å². The largest absolute Gasteiger partial charge is 0.507 e. The smallest absolute Gasteiger partial charge is 0.283 e. The number of rotatable bonds is 2. The quantitative estimate of drug-likeness (QED) is 0.450. The Hall–Kier alpha value is -3.04. The molecule has 0 saturated carbocycles. The first-order chi connectivity index (χ1) is 10.4. The minimum absolute atomic E-state index is 0.149. The highest BCUT2D eigenvalue weighted by molar-refractivity contribution is 6.31. The van der Waals surface area contributed by atoms with E-state index in [9.17, 15) is 9.90 Å². The van der Waals surface area contributed by atoms with Gasteiger partial charge in [0.05, 0.1) is 12.1 Å². The summed E-state index contributed by atoms with van der Waals surface area (Å²) in [5.74, 6) is -1.59. The molecule has 0 heterocycles. The summed E-state index contributed by atoms with van der Waals surface area (Å²) in [5, 5.41) is 10.4. The minimum Gasteiger partial charge on any atom is -0.507 e. The number of hydrogen-bond donors (Lipinski definition) is 3. The number of aliphatic imine (C=N–C) groups is 1. The molecule has 7 heteroatoms. The monoisotopic (exact) mass is 314 g/mol. The molecular formula is C15H11ClN4O2. The van der Waals surface area contributed by atoms with Gasteiger partial charge >= 0.3 is 0 Å². The fourth-order valence-corrected chi connectivity index (χ4v) is 2.19. The topological polar surface area (TPSA) is 106 Å². The third kappa shape index (κ3) is 3.00. The molecule has 0 fully saturated rings. The predicted molar refractivity (Wildman–Crippen MR) is 85.0 cm³/mol. The van der Waals surface area contributed by atoms with Gasteiger partial charge in [-0.2, -0.15) is 4.99 Å². The van der Waals surface area contributed by atoms with Gasteiger partial charge in [-0.25, -0.2) is 4.85 Å². The summed E-state index contributed by atoms with van der Waals surface area (Å²) in [5.41, 5.74) is 11.2. The van der Waals surface area contributed by atoms with Crippen molar-refractivity contribution in [2.24, 2.45) is 16.5 Å². The molecule has 0 aromatic heterocycles. The van der Waals surface area contributed by atoms with Crippen LogP contribution in [0.15, 0.2) is 41.4 Å². The Morgan fingerprint density at radius 1 is 1.27 bits per heavy atom. The number of carbonyl (C=O) groups excluding carboxylic acids is 1. The highest BCUT2D eigenvalue weighted by Crippen LogP contribution is 2.39. The van der Waals surface area contributed by atoms with E-state index >= 15 is 0 Å². The summed E-state index contributed by atoms with van der Waals surface area (Å²) in [7, 11) is 0. The van der Waals surface area contributed by atoms with Crippen molar-refractivity contribution in [1.82, 2.24) is 0 Å². The van der Waals surface area contributed by atoms with Crippen LogP contribution in [-0.2, 0) is 0 Å². The zero-order valence-electron chi connectivity index (χ0n) is 11.2. The highest BCUT2D eigenvalue weighted by Gasteiger charge is 2.21. The summed E-state index contributed by atoms with van der Waals surface area (Å²) in [6.07, 6.45) is 0. The van der Waals surface area contributed by atoms with Gasteiger partial charge in [0.2, 0.25) is 0 Å². The van der Waals surface area contributed by atoms with E-state index < -0.39 is 11.9 Å². The van der Waals surface area contributed by atoms with Crippen LogP contribution >= 0.6 is 11.6 Å². The number of nitrogens with two attached hydrogens (primary N) is 2. The second-order valence-corrected chi connectivity index (χ2v) is 4.75. The molecule has 0 bridgehead atoms. The van der Waals surface area contributed by atoms with Gasteiger partial charge < -0.3 is 16.6 Å². The molecule has 110 valence electrons. The Bertz CT molecular complexity index is 821. The van der Waals surface area contributed by atoms with Crippen molar-refractivity contribution in [3.8, 4) is 16.9 Å². The van der Waals surface area contributed by atoms with Gasteiger partial charge in [-0.3, -0.25) is 4.79 Å². The standard InChI is InChI=1S/C15H11ClN4O2/c1-19-10-5-6-11(21)13(14(22)20-15(17)18)12(10)8-3-2-4-9(16)7-8/h2-7,21H,(H4,17,18,20,22). The maximum atomic E-state index is 12.2. The first kappa shape index (κ1) is 15.4. The molecule has 0 unspecified atom stereocenters. The van der Waals surface area contributed by atoms with E-state index in [1.807, 2.05) is 0 Å².